The number of hydrogen-bond acceptors (Lipinski definition) is 3. The monoisotopic (exact) mass is 291 g/mol. The summed E-state index contributed by atoms with van der Waals surface area (Å²) in [5.41, 5.74) is 7.93. The number of anilines is 1. The zero-order valence-corrected chi connectivity index (χ0v) is 12.1. The maximum absolute atomic E-state index is 6.05. The fourth-order valence-electron chi connectivity index (χ4n) is 2.36. The van der Waals surface area contributed by atoms with E-state index in [9.17, 15) is 0 Å². The first kappa shape index (κ1) is 12.5. The smallest absolute Gasteiger partial charge is 0.201 e. The Morgan fingerprint density at radius 2 is 2.26 bits per heavy atom. The SMILES string of the molecule is CC(Cc1cccs1)n1c(N)nc2cc(Cl)ccc21. The quantitative estimate of drug-likeness (QED) is 0.788. The highest BCUT2D eigenvalue weighted by Crippen LogP contribution is 2.27. The molecule has 0 aliphatic heterocycles. The van der Waals surface area contributed by atoms with Crippen LogP contribution in [0.3, 0.4) is 0 Å². The summed E-state index contributed by atoms with van der Waals surface area (Å²) < 4.78 is 2.07. The van der Waals surface area contributed by atoms with Gasteiger partial charge in [0.15, 0.2) is 0 Å². The molecule has 0 saturated carbocycles. The Bertz CT molecular complexity index is 703. The largest absolute Gasteiger partial charge is 0.369 e. The van der Waals surface area contributed by atoms with Gasteiger partial charge in [-0.05, 0) is 36.6 Å². The van der Waals surface area contributed by atoms with Crippen LogP contribution in [0.15, 0.2) is 35.7 Å². The summed E-state index contributed by atoms with van der Waals surface area (Å²) in [6.07, 6.45) is 0.954. The summed E-state index contributed by atoms with van der Waals surface area (Å²) in [5.74, 6) is 0.543. The van der Waals surface area contributed by atoms with Gasteiger partial charge in [0.05, 0.1) is 11.0 Å². The standard InChI is InChI=1S/C14H14ClN3S/c1-9(7-11-3-2-6-19-11)18-13-5-4-10(15)8-12(13)17-14(18)16/h2-6,8-9H,7H2,1H3,(H2,16,17). The summed E-state index contributed by atoms with van der Waals surface area (Å²) in [5, 5.41) is 2.78. The molecule has 0 radical (unpaired) electrons. The number of hydrogen-bond donors (Lipinski definition) is 1. The molecule has 2 aromatic heterocycles. The van der Waals surface area contributed by atoms with Gasteiger partial charge in [0.2, 0.25) is 5.95 Å². The first-order valence-corrected chi connectivity index (χ1v) is 7.36. The van der Waals surface area contributed by atoms with E-state index in [1.54, 1.807) is 11.3 Å². The molecule has 0 aliphatic rings. The molecule has 3 rings (SSSR count). The molecule has 0 aliphatic carbocycles. The summed E-state index contributed by atoms with van der Waals surface area (Å²) in [4.78, 5) is 5.73. The van der Waals surface area contributed by atoms with Crippen molar-refractivity contribution in [2.45, 2.75) is 19.4 Å². The second-order valence-electron chi connectivity index (χ2n) is 4.61. The van der Waals surface area contributed by atoms with Crippen LogP contribution in [-0.4, -0.2) is 9.55 Å². The maximum atomic E-state index is 6.05. The molecule has 0 bridgehead atoms. The maximum Gasteiger partial charge on any atom is 0.201 e. The minimum Gasteiger partial charge on any atom is -0.369 e. The second kappa shape index (κ2) is 4.87. The average molecular weight is 292 g/mol. The molecule has 2 heterocycles. The minimum atomic E-state index is 0.268. The molecule has 98 valence electrons. The number of nitrogen functional groups attached to an aromatic ring is 1. The number of rotatable bonds is 3. The van der Waals surface area contributed by atoms with Crippen LogP contribution in [0.4, 0.5) is 5.95 Å². The first-order valence-electron chi connectivity index (χ1n) is 6.10. The summed E-state index contributed by atoms with van der Waals surface area (Å²) in [6.45, 7) is 2.16. The van der Waals surface area contributed by atoms with E-state index in [1.807, 2.05) is 18.2 Å². The van der Waals surface area contributed by atoms with Gasteiger partial charge >= 0.3 is 0 Å². The lowest BCUT2D eigenvalue weighted by atomic mass is 10.2. The van der Waals surface area contributed by atoms with Crippen LogP contribution in [0.5, 0.6) is 0 Å². The molecule has 1 atom stereocenters. The number of nitrogens with zero attached hydrogens (tertiary/aromatic N) is 2. The van der Waals surface area contributed by atoms with Gasteiger partial charge in [-0.2, -0.15) is 0 Å². The second-order valence-corrected chi connectivity index (χ2v) is 6.07. The fraction of sp³-hybridized carbons (Fsp3) is 0.214. The molecule has 0 fully saturated rings. The van der Waals surface area contributed by atoms with E-state index in [-0.39, 0.29) is 6.04 Å². The third-order valence-corrected chi connectivity index (χ3v) is 4.33. The summed E-state index contributed by atoms with van der Waals surface area (Å²) >= 11 is 7.75. The molecule has 1 unspecified atom stereocenters. The number of nitrogens with two attached hydrogens (primary N) is 1. The van der Waals surface area contributed by atoms with Crippen LogP contribution >= 0.6 is 22.9 Å². The Morgan fingerprint density at radius 1 is 1.42 bits per heavy atom. The topological polar surface area (TPSA) is 43.8 Å². The van der Waals surface area contributed by atoms with E-state index in [2.05, 4.69) is 34.0 Å². The molecule has 1 aromatic carbocycles. The van der Waals surface area contributed by atoms with Crippen molar-refractivity contribution in [2.75, 3.05) is 5.73 Å². The lowest BCUT2D eigenvalue weighted by Gasteiger charge is -2.15. The molecule has 0 saturated heterocycles. The average Bonchev–Trinajstić information content (AvgIpc) is 2.95. The van der Waals surface area contributed by atoms with E-state index in [4.69, 9.17) is 17.3 Å². The number of thiophene rings is 1. The third kappa shape index (κ3) is 2.33. The minimum absolute atomic E-state index is 0.268. The molecule has 5 heteroatoms. The first-order chi connectivity index (χ1) is 9.15. The van der Waals surface area contributed by atoms with Crippen LogP contribution in [0.2, 0.25) is 5.02 Å². The lowest BCUT2D eigenvalue weighted by Crippen LogP contribution is -2.10. The molecule has 3 aromatic rings. The molecule has 0 spiro atoms. The number of imidazole rings is 1. The van der Waals surface area contributed by atoms with Gasteiger partial charge in [-0.15, -0.1) is 11.3 Å². The van der Waals surface area contributed by atoms with E-state index in [0.29, 0.717) is 11.0 Å². The Hall–Kier alpha value is -1.52. The van der Waals surface area contributed by atoms with Crippen LogP contribution < -0.4 is 5.73 Å². The lowest BCUT2D eigenvalue weighted by molar-refractivity contribution is 0.571. The molecule has 19 heavy (non-hydrogen) atoms. The van der Waals surface area contributed by atoms with Gasteiger partial charge in [-0.1, -0.05) is 17.7 Å². The zero-order chi connectivity index (χ0) is 13.4. The van der Waals surface area contributed by atoms with Crippen LogP contribution in [0.1, 0.15) is 17.8 Å². The molecule has 3 nitrogen and oxygen atoms in total. The van der Waals surface area contributed by atoms with Gasteiger partial charge in [-0.3, -0.25) is 0 Å². The van der Waals surface area contributed by atoms with Gasteiger partial charge in [0, 0.05) is 22.4 Å². The summed E-state index contributed by atoms with van der Waals surface area (Å²) in [7, 11) is 0. The molecular weight excluding hydrogens is 278 g/mol. The third-order valence-electron chi connectivity index (χ3n) is 3.20. The van der Waals surface area contributed by atoms with E-state index < -0.39 is 0 Å². The van der Waals surface area contributed by atoms with Crippen molar-refractivity contribution in [3.63, 3.8) is 0 Å². The predicted molar refractivity (Wildman–Crippen MR) is 81.9 cm³/mol. The number of fused-ring (bicyclic) bond motifs is 1. The van der Waals surface area contributed by atoms with E-state index in [0.717, 1.165) is 17.5 Å². The van der Waals surface area contributed by atoms with Crippen LogP contribution in [0, 0.1) is 0 Å². The number of aromatic nitrogens is 2. The van der Waals surface area contributed by atoms with Crippen molar-refractivity contribution in [1.29, 1.82) is 0 Å². The highest BCUT2D eigenvalue weighted by Gasteiger charge is 2.15. The van der Waals surface area contributed by atoms with E-state index in [1.165, 1.54) is 4.88 Å². The number of halogens is 1. The van der Waals surface area contributed by atoms with Gasteiger partial charge in [0.1, 0.15) is 0 Å². The molecule has 2 N–H and O–H groups in total. The highest BCUT2D eigenvalue weighted by atomic mass is 35.5. The van der Waals surface area contributed by atoms with Crippen molar-refractivity contribution < 1.29 is 0 Å². The summed E-state index contributed by atoms with van der Waals surface area (Å²) in [6, 6.07) is 10.2. The predicted octanol–water partition coefficient (Wildman–Crippen LogP) is 4.14. The van der Waals surface area contributed by atoms with Crippen molar-refractivity contribution in [3.8, 4) is 0 Å². The zero-order valence-electron chi connectivity index (χ0n) is 10.5. The van der Waals surface area contributed by atoms with Gasteiger partial charge in [0.25, 0.3) is 0 Å². The molecule has 0 amide bonds. The number of benzene rings is 1. The van der Waals surface area contributed by atoms with Crippen molar-refractivity contribution in [3.05, 3.63) is 45.6 Å². The molecular formula is C14H14ClN3S. The van der Waals surface area contributed by atoms with Crippen molar-refractivity contribution >= 4 is 39.9 Å². The van der Waals surface area contributed by atoms with Crippen LogP contribution in [-0.2, 0) is 6.42 Å². The van der Waals surface area contributed by atoms with E-state index >= 15 is 0 Å². The fourth-order valence-corrected chi connectivity index (χ4v) is 3.36. The normalized spacial score (nSPS) is 12.9. The van der Waals surface area contributed by atoms with Crippen molar-refractivity contribution in [1.82, 2.24) is 9.55 Å². The van der Waals surface area contributed by atoms with Gasteiger partial charge < -0.3 is 10.3 Å². The van der Waals surface area contributed by atoms with Crippen LogP contribution in [0.25, 0.3) is 11.0 Å². The van der Waals surface area contributed by atoms with Gasteiger partial charge in [-0.25, -0.2) is 4.98 Å². The Kier molecular flexibility index (Phi) is 3.21. The Labute approximate surface area is 120 Å². The highest BCUT2D eigenvalue weighted by molar-refractivity contribution is 7.09. The van der Waals surface area contributed by atoms with Crippen molar-refractivity contribution in [2.24, 2.45) is 0 Å². The Balaban J connectivity index is 2.01. The Morgan fingerprint density at radius 3 is 3.00 bits per heavy atom.